The van der Waals surface area contributed by atoms with Crippen molar-refractivity contribution < 1.29 is 32.6 Å². The van der Waals surface area contributed by atoms with Gasteiger partial charge in [-0.2, -0.15) is 13.2 Å². The molecule has 2 unspecified atom stereocenters. The van der Waals surface area contributed by atoms with Crippen LogP contribution in [0.25, 0.3) is 0 Å². The highest BCUT2D eigenvalue weighted by atomic mass is 19.4. The highest BCUT2D eigenvalue weighted by Gasteiger charge is 2.58. The van der Waals surface area contributed by atoms with Crippen LogP contribution < -0.4 is 16.0 Å². The number of alkyl halides is 3. The fraction of sp³-hybridized carbons (Fsp3) is 0.450. The molecule has 2 aromatic rings. The first kappa shape index (κ1) is 23.5. The van der Waals surface area contributed by atoms with Gasteiger partial charge in [-0.25, -0.2) is 9.78 Å². The van der Waals surface area contributed by atoms with Crippen molar-refractivity contribution in [1.29, 1.82) is 0 Å². The second-order valence-corrected chi connectivity index (χ2v) is 7.49. The smallest absolute Gasteiger partial charge is 0.376 e. The number of carbonyl (C=O) groups is 2. The van der Waals surface area contributed by atoms with Crippen molar-refractivity contribution in [2.24, 2.45) is 7.05 Å². The highest BCUT2D eigenvalue weighted by molar-refractivity contribution is 5.93. The quantitative estimate of drug-likeness (QED) is 0.512. The predicted molar refractivity (Wildman–Crippen MR) is 109 cm³/mol. The number of hydrogen-bond donors (Lipinski definition) is 4. The van der Waals surface area contributed by atoms with E-state index in [2.05, 4.69) is 20.9 Å². The Bertz CT molecular complexity index is 941. The lowest BCUT2D eigenvalue weighted by molar-refractivity contribution is -0.270. The Balaban J connectivity index is 1.56. The molecule has 1 fully saturated rings. The van der Waals surface area contributed by atoms with Crippen molar-refractivity contribution in [2.45, 2.75) is 37.1 Å². The molecule has 32 heavy (non-hydrogen) atoms. The lowest BCUT2D eigenvalue weighted by Crippen LogP contribution is -2.46. The summed E-state index contributed by atoms with van der Waals surface area (Å²) in [5.74, 6) is -1.74. The third kappa shape index (κ3) is 5.56. The maximum atomic E-state index is 13.5. The number of carbonyl (C=O) groups excluding carboxylic acids is 2. The second kappa shape index (κ2) is 9.57. The van der Waals surface area contributed by atoms with Crippen LogP contribution in [-0.2, 0) is 22.2 Å². The molecule has 1 aromatic heterocycles. The number of aliphatic hydroxyl groups is 1. The van der Waals surface area contributed by atoms with E-state index in [1.165, 1.54) is 37.5 Å². The number of imidazole rings is 1. The van der Waals surface area contributed by atoms with E-state index in [0.717, 1.165) is 23.6 Å². The van der Waals surface area contributed by atoms with Crippen LogP contribution in [0.5, 0.6) is 0 Å². The first-order valence-corrected chi connectivity index (χ1v) is 9.92. The molecule has 3 amide bonds. The first-order chi connectivity index (χ1) is 15.1. The molecule has 2 heterocycles. The minimum atomic E-state index is -5.12. The number of benzene rings is 1. The summed E-state index contributed by atoms with van der Waals surface area (Å²) in [6.45, 7) is 1.07. The number of nitrogens with zero attached hydrogens (tertiary/aromatic N) is 2. The van der Waals surface area contributed by atoms with E-state index in [-0.39, 0.29) is 11.8 Å². The first-order valence-electron chi connectivity index (χ1n) is 9.92. The molecule has 0 radical (unpaired) electrons. The average Bonchev–Trinajstić information content (AvgIpc) is 3.38. The number of nitrogens with one attached hydrogen (secondary N) is 3. The van der Waals surface area contributed by atoms with E-state index in [9.17, 15) is 27.9 Å². The number of halogens is 3. The molecule has 2 atom stereocenters. The van der Waals surface area contributed by atoms with Gasteiger partial charge >= 0.3 is 12.2 Å². The normalized spacial score (nSPS) is 18.1. The Kier molecular flexibility index (Phi) is 7.04. The van der Waals surface area contributed by atoms with Gasteiger partial charge in [0.1, 0.15) is 0 Å². The number of amides is 3. The van der Waals surface area contributed by atoms with Gasteiger partial charge in [-0.15, -0.1) is 0 Å². The molecule has 1 aromatic carbocycles. The van der Waals surface area contributed by atoms with Crippen LogP contribution in [0.1, 0.15) is 25.1 Å². The molecular formula is C20H24F3N5O4. The summed E-state index contributed by atoms with van der Waals surface area (Å²) >= 11 is 0. The van der Waals surface area contributed by atoms with Crippen LogP contribution in [0.15, 0.2) is 36.7 Å². The molecule has 3 rings (SSSR count). The second-order valence-electron chi connectivity index (χ2n) is 7.49. The summed E-state index contributed by atoms with van der Waals surface area (Å²) in [4.78, 5) is 27.7. The molecule has 12 heteroatoms. The van der Waals surface area contributed by atoms with Gasteiger partial charge in [0.25, 0.3) is 0 Å². The molecular weight excluding hydrogens is 431 g/mol. The van der Waals surface area contributed by atoms with E-state index >= 15 is 0 Å². The number of urea groups is 1. The van der Waals surface area contributed by atoms with Crippen molar-refractivity contribution in [2.75, 3.05) is 23.8 Å². The molecule has 1 aliphatic heterocycles. The molecule has 4 N–H and O–H groups in total. The maximum absolute atomic E-state index is 13.5. The van der Waals surface area contributed by atoms with Crippen LogP contribution in [0, 0.1) is 0 Å². The number of rotatable bonds is 7. The molecule has 1 aliphatic rings. The number of aryl methyl sites for hydroxylation is 1. The minimum absolute atomic E-state index is 0.000513. The topological polar surface area (TPSA) is 118 Å². The number of ether oxygens (including phenoxy) is 1. The number of aromatic nitrogens is 2. The predicted octanol–water partition coefficient (Wildman–Crippen LogP) is 2.50. The lowest BCUT2D eigenvalue weighted by Gasteiger charge is -2.29. The van der Waals surface area contributed by atoms with E-state index in [1.807, 2.05) is 0 Å². The zero-order valence-electron chi connectivity index (χ0n) is 17.3. The monoisotopic (exact) mass is 455 g/mol. The van der Waals surface area contributed by atoms with Gasteiger partial charge in [0, 0.05) is 44.0 Å². The van der Waals surface area contributed by atoms with Gasteiger partial charge in [-0.05, 0) is 37.1 Å². The van der Waals surface area contributed by atoms with Crippen molar-refractivity contribution >= 4 is 23.3 Å². The summed E-state index contributed by atoms with van der Waals surface area (Å²) in [5.41, 5.74) is -2.82. The maximum Gasteiger partial charge on any atom is 0.425 e. The third-order valence-electron chi connectivity index (χ3n) is 5.02. The van der Waals surface area contributed by atoms with Crippen LogP contribution in [0.2, 0.25) is 0 Å². The van der Waals surface area contributed by atoms with Gasteiger partial charge in [-0.3, -0.25) is 4.79 Å². The minimum Gasteiger partial charge on any atom is -0.376 e. The average molecular weight is 455 g/mol. The highest BCUT2D eigenvalue weighted by Crippen LogP contribution is 2.40. The van der Waals surface area contributed by atoms with Crippen molar-refractivity contribution in [3.63, 3.8) is 0 Å². The van der Waals surface area contributed by atoms with Gasteiger partial charge in [-0.1, -0.05) is 0 Å². The number of anilines is 2. The van der Waals surface area contributed by atoms with Gasteiger partial charge in [0.05, 0.1) is 12.5 Å². The van der Waals surface area contributed by atoms with E-state index < -0.39 is 36.0 Å². The van der Waals surface area contributed by atoms with Gasteiger partial charge in [0.15, 0.2) is 5.82 Å². The summed E-state index contributed by atoms with van der Waals surface area (Å²) in [5, 5.41) is 17.9. The fourth-order valence-corrected chi connectivity index (χ4v) is 3.33. The Morgan fingerprint density at radius 2 is 1.88 bits per heavy atom. The summed E-state index contributed by atoms with van der Waals surface area (Å²) in [6.07, 6.45) is -2.19. The number of hydrogen-bond acceptors (Lipinski definition) is 5. The van der Waals surface area contributed by atoms with Crippen molar-refractivity contribution in [3.8, 4) is 0 Å². The molecule has 174 valence electrons. The van der Waals surface area contributed by atoms with Crippen molar-refractivity contribution in [3.05, 3.63) is 42.5 Å². The lowest BCUT2D eigenvalue weighted by atomic mass is 9.97. The summed E-state index contributed by atoms with van der Waals surface area (Å²) < 4.78 is 47.1. The van der Waals surface area contributed by atoms with Crippen LogP contribution in [0.3, 0.4) is 0 Å². The Hall–Kier alpha value is -3.12. The molecule has 1 saturated heterocycles. The molecule has 0 bridgehead atoms. The summed E-state index contributed by atoms with van der Waals surface area (Å²) in [6, 6.07) is 5.37. The zero-order valence-corrected chi connectivity index (χ0v) is 17.3. The van der Waals surface area contributed by atoms with Crippen LogP contribution >= 0.6 is 0 Å². The van der Waals surface area contributed by atoms with Gasteiger partial charge < -0.3 is 30.4 Å². The van der Waals surface area contributed by atoms with E-state index in [0.29, 0.717) is 18.8 Å². The fourth-order valence-electron chi connectivity index (χ4n) is 3.33. The Morgan fingerprint density at radius 1 is 1.22 bits per heavy atom. The largest absolute Gasteiger partial charge is 0.425 e. The molecule has 9 nitrogen and oxygen atoms in total. The molecule has 0 aliphatic carbocycles. The van der Waals surface area contributed by atoms with E-state index in [4.69, 9.17) is 4.74 Å². The SMILES string of the molecule is Cn1ccnc1C(O)(CC(=O)Nc1ccc(NC(=O)NCC2CCCO2)cc1)C(F)(F)F. The summed E-state index contributed by atoms with van der Waals surface area (Å²) in [7, 11) is 1.29. The zero-order chi connectivity index (χ0) is 23.4. The van der Waals surface area contributed by atoms with Gasteiger partial charge in [0.2, 0.25) is 11.5 Å². The Labute approximate surface area is 182 Å². The standard InChI is InChI=1S/C20H24F3N5O4/c1-28-9-8-24-17(28)19(31,20(21,22)23)11-16(29)26-13-4-6-14(7-5-13)27-18(30)25-12-15-3-2-10-32-15/h4-9,15,31H,2-3,10-12H2,1H3,(H,26,29)(H2,25,27,30). The van der Waals surface area contributed by atoms with Crippen LogP contribution in [-0.4, -0.2) is 52.0 Å². The Morgan fingerprint density at radius 3 is 2.41 bits per heavy atom. The molecule has 0 spiro atoms. The van der Waals surface area contributed by atoms with Crippen LogP contribution in [0.4, 0.5) is 29.3 Å². The third-order valence-corrected chi connectivity index (χ3v) is 5.02. The van der Waals surface area contributed by atoms with E-state index in [1.54, 1.807) is 0 Å². The van der Waals surface area contributed by atoms with Crippen molar-refractivity contribution in [1.82, 2.24) is 14.9 Å². The molecule has 0 saturated carbocycles.